The number of aryl methyl sites for hydroxylation is 1. The molecule has 1 saturated heterocycles. The normalized spacial score (nSPS) is 21.4. The number of hydrogen-bond acceptors (Lipinski definition) is 4. The zero-order chi connectivity index (χ0) is 9.97. The molecule has 0 amide bonds. The maximum Gasteiger partial charge on any atom is 0.297 e. The molecule has 1 unspecified atom stereocenters. The minimum Gasteiger partial charge on any atom is -0.429 e. The Hall–Kier alpha value is -1.03. The molecule has 4 nitrogen and oxygen atoms in total. The number of rotatable bonds is 3. The van der Waals surface area contributed by atoms with Crippen molar-refractivity contribution in [1.29, 1.82) is 0 Å². The third kappa shape index (κ3) is 2.07. The monoisotopic (exact) mass is 195 g/mol. The van der Waals surface area contributed by atoms with Gasteiger partial charge in [-0.3, -0.25) is 0 Å². The topological polar surface area (TPSA) is 41.3 Å². The molecule has 0 spiro atoms. The molecule has 1 fully saturated rings. The van der Waals surface area contributed by atoms with E-state index in [1.54, 1.807) is 6.20 Å². The zero-order valence-corrected chi connectivity index (χ0v) is 8.79. The second-order valence-corrected chi connectivity index (χ2v) is 3.93. The molecule has 0 aliphatic carbocycles. The third-order valence-corrected chi connectivity index (χ3v) is 2.59. The van der Waals surface area contributed by atoms with Crippen molar-refractivity contribution in [1.82, 2.24) is 10.3 Å². The maximum atomic E-state index is 5.44. The van der Waals surface area contributed by atoms with Crippen LogP contribution in [0.4, 0.5) is 6.01 Å². The largest absolute Gasteiger partial charge is 0.429 e. The molecule has 0 radical (unpaired) electrons. The zero-order valence-electron chi connectivity index (χ0n) is 8.79. The Kier molecular flexibility index (Phi) is 2.72. The highest BCUT2D eigenvalue weighted by molar-refractivity contribution is 5.24. The summed E-state index contributed by atoms with van der Waals surface area (Å²) < 4.78 is 5.44. The van der Waals surface area contributed by atoms with E-state index >= 15 is 0 Å². The Balaban J connectivity index is 1.91. The standard InChI is InChI=1S/C10H17N3O/c1-8-6-12-10(14-8)13(2)7-9-4-3-5-11-9/h6,9,11H,3-5,7H2,1-2H3. The van der Waals surface area contributed by atoms with Crippen LogP contribution in [-0.4, -0.2) is 31.2 Å². The molecule has 2 heterocycles. The van der Waals surface area contributed by atoms with Gasteiger partial charge in [0, 0.05) is 19.6 Å². The van der Waals surface area contributed by atoms with E-state index in [9.17, 15) is 0 Å². The fourth-order valence-corrected chi connectivity index (χ4v) is 1.84. The number of likely N-dealkylation sites (N-methyl/N-ethyl adjacent to an activating group) is 1. The Bertz CT molecular complexity index is 291. The molecule has 1 N–H and O–H groups in total. The fraction of sp³-hybridized carbons (Fsp3) is 0.700. The molecule has 1 atom stereocenters. The van der Waals surface area contributed by atoms with Crippen LogP contribution in [0.1, 0.15) is 18.6 Å². The lowest BCUT2D eigenvalue weighted by Gasteiger charge is -2.19. The molecule has 1 aromatic heterocycles. The van der Waals surface area contributed by atoms with Crippen LogP contribution in [0.25, 0.3) is 0 Å². The Morgan fingerprint density at radius 2 is 2.57 bits per heavy atom. The van der Waals surface area contributed by atoms with Gasteiger partial charge < -0.3 is 14.6 Å². The molecule has 0 bridgehead atoms. The predicted molar refractivity (Wildman–Crippen MR) is 55.5 cm³/mol. The molecule has 4 heteroatoms. The van der Waals surface area contributed by atoms with E-state index < -0.39 is 0 Å². The lowest BCUT2D eigenvalue weighted by Crippen LogP contribution is -2.35. The van der Waals surface area contributed by atoms with Crippen molar-refractivity contribution in [3.8, 4) is 0 Å². The summed E-state index contributed by atoms with van der Waals surface area (Å²) in [5, 5.41) is 3.45. The summed E-state index contributed by atoms with van der Waals surface area (Å²) in [5.41, 5.74) is 0. The van der Waals surface area contributed by atoms with Gasteiger partial charge in [0.1, 0.15) is 5.76 Å². The lowest BCUT2D eigenvalue weighted by molar-refractivity contribution is 0.501. The Morgan fingerprint density at radius 1 is 1.71 bits per heavy atom. The van der Waals surface area contributed by atoms with Gasteiger partial charge in [0.15, 0.2) is 0 Å². The highest BCUT2D eigenvalue weighted by Gasteiger charge is 2.17. The van der Waals surface area contributed by atoms with Crippen LogP contribution in [0.3, 0.4) is 0 Å². The number of anilines is 1. The van der Waals surface area contributed by atoms with Crippen LogP contribution in [0.2, 0.25) is 0 Å². The van der Waals surface area contributed by atoms with Gasteiger partial charge in [-0.15, -0.1) is 0 Å². The first-order valence-corrected chi connectivity index (χ1v) is 5.12. The Morgan fingerprint density at radius 3 is 3.14 bits per heavy atom. The molecular weight excluding hydrogens is 178 g/mol. The summed E-state index contributed by atoms with van der Waals surface area (Å²) in [6, 6.07) is 1.31. The van der Waals surface area contributed by atoms with Crippen molar-refractivity contribution < 1.29 is 4.42 Å². The van der Waals surface area contributed by atoms with Gasteiger partial charge in [0.2, 0.25) is 0 Å². The first-order valence-electron chi connectivity index (χ1n) is 5.12. The summed E-state index contributed by atoms with van der Waals surface area (Å²) in [6.07, 6.45) is 4.29. The van der Waals surface area contributed by atoms with Crippen molar-refractivity contribution in [2.45, 2.75) is 25.8 Å². The fourth-order valence-electron chi connectivity index (χ4n) is 1.84. The summed E-state index contributed by atoms with van der Waals surface area (Å²) in [7, 11) is 2.02. The van der Waals surface area contributed by atoms with Crippen LogP contribution in [-0.2, 0) is 0 Å². The van der Waals surface area contributed by atoms with Gasteiger partial charge in [0.25, 0.3) is 6.01 Å². The third-order valence-electron chi connectivity index (χ3n) is 2.59. The summed E-state index contributed by atoms with van der Waals surface area (Å²) in [4.78, 5) is 6.25. The molecule has 14 heavy (non-hydrogen) atoms. The average Bonchev–Trinajstić information content (AvgIpc) is 2.75. The number of aromatic nitrogens is 1. The van der Waals surface area contributed by atoms with E-state index in [1.165, 1.54) is 12.8 Å². The summed E-state index contributed by atoms with van der Waals surface area (Å²) in [6.45, 7) is 4.03. The highest BCUT2D eigenvalue weighted by atomic mass is 16.4. The lowest BCUT2D eigenvalue weighted by atomic mass is 10.2. The van der Waals surface area contributed by atoms with Crippen molar-refractivity contribution >= 4 is 6.01 Å². The van der Waals surface area contributed by atoms with Crippen molar-refractivity contribution in [3.05, 3.63) is 12.0 Å². The van der Waals surface area contributed by atoms with Crippen LogP contribution in [0.5, 0.6) is 0 Å². The predicted octanol–water partition coefficient (Wildman–Crippen LogP) is 1.17. The molecule has 0 saturated carbocycles. The number of nitrogens with one attached hydrogen (secondary N) is 1. The minimum atomic E-state index is 0.590. The van der Waals surface area contributed by atoms with Crippen LogP contribution < -0.4 is 10.2 Å². The Labute approximate surface area is 84.3 Å². The summed E-state index contributed by atoms with van der Waals surface area (Å²) in [5.74, 6) is 0.867. The van der Waals surface area contributed by atoms with Crippen molar-refractivity contribution in [2.75, 3.05) is 25.0 Å². The smallest absolute Gasteiger partial charge is 0.297 e. The van der Waals surface area contributed by atoms with Crippen molar-refractivity contribution in [3.63, 3.8) is 0 Å². The molecule has 1 aliphatic heterocycles. The first kappa shape index (κ1) is 9.52. The van der Waals surface area contributed by atoms with E-state index in [0.717, 1.165) is 24.9 Å². The van der Waals surface area contributed by atoms with Crippen LogP contribution in [0, 0.1) is 6.92 Å². The van der Waals surface area contributed by atoms with E-state index in [-0.39, 0.29) is 0 Å². The SMILES string of the molecule is Cc1cnc(N(C)CC2CCCN2)o1. The van der Waals surface area contributed by atoms with Gasteiger partial charge in [-0.05, 0) is 26.3 Å². The molecule has 1 aromatic rings. The molecule has 1 aliphatic rings. The average molecular weight is 195 g/mol. The quantitative estimate of drug-likeness (QED) is 0.786. The second kappa shape index (κ2) is 4.00. The van der Waals surface area contributed by atoms with Crippen LogP contribution in [0.15, 0.2) is 10.6 Å². The maximum absolute atomic E-state index is 5.44. The second-order valence-electron chi connectivity index (χ2n) is 3.93. The van der Waals surface area contributed by atoms with E-state index in [1.807, 2.05) is 14.0 Å². The molecule has 0 aromatic carbocycles. The number of nitrogens with zero attached hydrogens (tertiary/aromatic N) is 2. The first-order chi connectivity index (χ1) is 6.75. The van der Waals surface area contributed by atoms with Gasteiger partial charge in [0.05, 0.1) is 6.20 Å². The summed E-state index contributed by atoms with van der Waals surface area (Å²) >= 11 is 0. The van der Waals surface area contributed by atoms with Gasteiger partial charge in [-0.25, -0.2) is 4.98 Å². The number of oxazole rings is 1. The van der Waals surface area contributed by atoms with Crippen LogP contribution >= 0.6 is 0 Å². The molecule has 2 rings (SSSR count). The van der Waals surface area contributed by atoms with E-state index in [2.05, 4.69) is 15.2 Å². The van der Waals surface area contributed by atoms with E-state index in [0.29, 0.717) is 6.04 Å². The van der Waals surface area contributed by atoms with E-state index in [4.69, 9.17) is 4.42 Å². The molecule has 78 valence electrons. The van der Waals surface area contributed by atoms with Gasteiger partial charge >= 0.3 is 0 Å². The minimum absolute atomic E-state index is 0.590. The van der Waals surface area contributed by atoms with Crippen molar-refractivity contribution in [2.24, 2.45) is 0 Å². The van der Waals surface area contributed by atoms with Gasteiger partial charge in [-0.2, -0.15) is 0 Å². The van der Waals surface area contributed by atoms with Gasteiger partial charge in [-0.1, -0.05) is 0 Å². The number of hydrogen-bond donors (Lipinski definition) is 1. The highest BCUT2D eigenvalue weighted by Crippen LogP contribution is 2.14. The molecular formula is C10H17N3O.